The molecule has 0 aromatic heterocycles. The van der Waals surface area contributed by atoms with Crippen molar-refractivity contribution in [2.24, 2.45) is 34.0 Å². The number of carbonyl (C=O) groups excluding carboxylic acids is 1. The van der Waals surface area contributed by atoms with Crippen LogP contribution < -0.4 is 0 Å². The van der Waals surface area contributed by atoms with E-state index < -0.39 is 0 Å². The second-order valence-electron chi connectivity index (χ2n) is 9.18. The molecule has 5 rings (SSSR count). The third-order valence-electron chi connectivity index (χ3n) is 8.21. The van der Waals surface area contributed by atoms with Crippen molar-refractivity contribution in [3.8, 4) is 0 Å². The van der Waals surface area contributed by atoms with Gasteiger partial charge in [-0.2, -0.15) is 0 Å². The highest BCUT2D eigenvalue weighted by molar-refractivity contribution is 14.1. The molecule has 0 aliphatic heterocycles. The first kappa shape index (κ1) is 14.9. The maximum Gasteiger partial charge on any atom is 0.178 e. The molecular formula is C21H25IO. The minimum atomic E-state index is 0.142. The van der Waals surface area contributed by atoms with Gasteiger partial charge in [-0.05, 0) is 100 Å². The Morgan fingerprint density at radius 2 is 1.96 bits per heavy atom. The summed E-state index contributed by atoms with van der Waals surface area (Å²) in [5, 5.41) is 0. The first-order valence-corrected chi connectivity index (χ1v) is 10.3. The van der Waals surface area contributed by atoms with Crippen LogP contribution in [0.2, 0.25) is 0 Å². The van der Waals surface area contributed by atoms with Crippen molar-refractivity contribution in [2.75, 3.05) is 0 Å². The monoisotopic (exact) mass is 420 g/mol. The normalized spacial score (nSPS) is 49.2. The SMILES string of the molecule is C[C@]12C=CC(=O)C=C1C1(CC1)C[C@@H]1[C@@H]2CC[C@]2(C)C(I)=CC[C@@H]12. The molecule has 0 saturated heterocycles. The number of hydrogen-bond donors (Lipinski definition) is 0. The van der Waals surface area contributed by atoms with Crippen molar-refractivity contribution in [2.45, 2.75) is 52.4 Å². The van der Waals surface area contributed by atoms with Crippen LogP contribution in [0, 0.1) is 34.0 Å². The van der Waals surface area contributed by atoms with Crippen LogP contribution in [0.1, 0.15) is 52.4 Å². The molecule has 23 heavy (non-hydrogen) atoms. The van der Waals surface area contributed by atoms with Crippen LogP contribution in [-0.4, -0.2) is 5.78 Å². The maximum atomic E-state index is 12.0. The molecule has 0 aromatic rings. The number of allylic oxidation sites excluding steroid dienone is 6. The van der Waals surface area contributed by atoms with E-state index in [1.54, 1.807) is 3.58 Å². The van der Waals surface area contributed by atoms with Gasteiger partial charge in [0.25, 0.3) is 0 Å². The van der Waals surface area contributed by atoms with E-state index in [0.717, 1.165) is 17.8 Å². The first-order chi connectivity index (χ1) is 10.9. The van der Waals surface area contributed by atoms with E-state index in [2.05, 4.69) is 48.6 Å². The summed E-state index contributed by atoms with van der Waals surface area (Å²) < 4.78 is 1.62. The largest absolute Gasteiger partial charge is 0.290 e. The molecule has 0 heterocycles. The van der Waals surface area contributed by atoms with Gasteiger partial charge in [0.15, 0.2) is 5.78 Å². The van der Waals surface area contributed by atoms with Crippen LogP contribution in [0.25, 0.3) is 0 Å². The van der Waals surface area contributed by atoms with Gasteiger partial charge in [-0.15, -0.1) is 0 Å². The van der Waals surface area contributed by atoms with Crippen LogP contribution in [0.4, 0.5) is 0 Å². The van der Waals surface area contributed by atoms with Crippen LogP contribution >= 0.6 is 22.6 Å². The van der Waals surface area contributed by atoms with Crippen LogP contribution in [0.5, 0.6) is 0 Å². The van der Waals surface area contributed by atoms with E-state index in [9.17, 15) is 4.79 Å². The molecule has 2 heteroatoms. The van der Waals surface area contributed by atoms with E-state index in [0.29, 0.717) is 10.8 Å². The molecule has 0 unspecified atom stereocenters. The smallest absolute Gasteiger partial charge is 0.178 e. The minimum absolute atomic E-state index is 0.142. The molecule has 5 aliphatic rings. The van der Waals surface area contributed by atoms with Gasteiger partial charge in [0.2, 0.25) is 0 Å². The summed E-state index contributed by atoms with van der Waals surface area (Å²) in [6.45, 7) is 4.96. The van der Waals surface area contributed by atoms with E-state index in [4.69, 9.17) is 0 Å². The summed E-state index contributed by atoms with van der Waals surface area (Å²) in [6, 6.07) is 0. The molecule has 5 aliphatic carbocycles. The van der Waals surface area contributed by atoms with Crippen molar-refractivity contribution >= 4 is 28.4 Å². The van der Waals surface area contributed by atoms with E-state index in [-0.39, 0.29) is 11.2 Å². The van der Waals surface area contributed by atoms with Gasteiger partial charge in [-0.1, -0.05) is 31.6 Å². The van der Waals surface area contributed by atoms with Gasteiger partial charge in [-0.25, -0.2) is 0 Å². The molecular weight excluding hydrogens is 395 g/mol. The summed E-state index contributed by atoms with van der Waals surface area (Å²) in [6.07, 6.45) is 16.6. The van der Waals surface area contributed by atoms with E-state index in [1.807, 2.05) is 12.2 Å². The van der Waals surface area contributed by atoms with Crippen LogP contribution in [0.3, 0.4) is 0 Å². The average molecular weight is 420 g/mol. The Labute approximate surface area is 152 Å². The fraction of sp³-hybridized carbons (Fsp3) is 0.667. The highest BCUT2D eigenvalue weighted by Crippen LogP contribution is 2.73. The molecule has 1 spiro atoms. The van der Waals surface area contributed by atoms with Gasteiger partial charge >= 0.3 is 0 Å². The Morgan fingerprint density at radius 3 is 2.70 bits per heavy atom. The Kier molecular flexibility index (Phi) is 2.87. The summed E-state index contributed by atoms with van der Waals surface area (Å²) in [5.74, 6) is 2.62. The molecule has 0 N–H and O–H groups in total. The third kappa shape index (κ3) is 1.77. The van der Waals surface area contributed by atoms with Crippen LogP contribution in [-0.2, 0) is 4.79 Å². The zero-order chi connectivity index (χ0) is 16.0. The lowest BCUT2D eigenvalue weighted by Gasteiger charge is -2.58. The van der Waals surface area contributed by atoms with E-state index in [1.165, 1.54) is 44.1 Å². The highest BCUT2D eigenvalue weighted by Gasteiger charge is 2.64. The zero-order valence-corrected chi connectivity index (χ0v) is 16.2. The fourth-order valence-electron chi connectivity index (χ4n) is 6.76. The lowest BCUT2D eigenvalue weighted by Crippen LogP contribution is -2.51. The molecule has 122 valence electrons. The second kappa shape index (κ2) is 4.42. The van der Waals surface area contributed by atoms with Crippen molar-refractivity contribution in [1.29, 1.82) is 0 Å². The van der Waals surface area contributed by atoms with Gasteiger partial charge < -0.3 is 0 Å². The molecule has 3 fully saturated rings. The molecule has 0 aromatic carbocycles. The van der Waals surface area contributed by atoms with Crippen LogP contribution in [0.15, 0.2) is 33.5 Å². The zero-order valence-electron chi connectivity index (χ0n) is 14.1. The maximum absolute atomic E-state index is 12.0. The molecule has 0 bridgehead atoms. The van der Waals surface area contributed by atoms with Crippen molar-refractivity contribution in [3.63, 3.8) is 0 Å². The third-order valence-corrected chi connectivity index (χ3v) is 9.88. The van der Waals surface area contributed by atoms with Crippen molar-refractivity contribution in [3.05, 3.63) is 33.5 Å². The quantitative estimate of drug-likeness (QED) is 0.466. The molecule has 0 radical (unpaired) electrons. The molecule has 5 atom stereocenters. The van der Waals surface area contributed by atoms with Gasteiger partial charge in [0.05, 0.1) is 0 Å². The van der Waals surface area contributed by atoms with Gasteiger partial charge in [0, 0.05) is 10.8 Å². The molecule has 3 saturated carbocycles. The number of hydrogen-bond acceptors (Lipinski definition) is 1. The predicted molar refractivity (Wildman–Crippen MR) is 101 cm³/mol. The minimum Gasteiger partial charge on any atom is -0.290 e. The second-order valence-corrected chi connectivity index (χ2v) is 10.3. The van der Waals surface area contributed by atoms with Crippen molar-refractivity contribution < 1.29 is 4.79 Å². The summed E-state index contributed by atoms with van der Waals surface area (Å²) in [7, 11) is 0. The lowest BCUT2D eigenvalue weighted by atomic mass is 9.46. The number of halogens is 1. The summed E-state index contributed by atoms with van der Waals surface area (Å²) in [5.41, 5.74) is 2.46. The molecule has 0 amide bonds. The first-order valence-electron chi connectivity index (χ1n) is 9.21. The average Bonchev–Trinajstić information content (AvgIpc) is 3.21. The van der Waals surface area contributed by atoms with Gasteiger partial charge in [0.1, 0.15) is 0 Å². The number of rotatable bonds is 0. The number of fused-ring (bicyclic) bond motifs is 6. The number of ketones is 1. The summed E-state index contributed by atoms with van der Waals surface area (Å²) >= 11 is 2.61. The predicted octanol–water partition coefficient (Wildman–Crippen LogP) is 5.61. The Bertz CT molecular complexity index is 695. The highest BCUT2D eigenvalue weighted by atomic mass is 127. The Hall–Kier alpha value is -0.380. The Balaban J connectivity index is 1.60. The van der Waals surface area contributed by atoms with Crippen molar-refractivity contribution in [1.82, 2.24) is 0 Å². The molecule has 1 nitrogen and oxygen atoms in total. The lowest BCUT2D eigenvalue weighted by molar-refractivity contribution is -0.111. The summed E-state index contributed by atoms with van der Waals surface area (Å²) in [4.78, 5) is 12.0. The Morgan fingerprint density at radius 1 is 1.17 bits per heavy atom. The standard InChI is InChI=1S/C21H25IO/c1-19-7-5-13(23)11-17(19)21(9-10-21)12-14-15-3-4-18(22)20(15,2)8-6-16(14)19/h4-5,7,11,14-16H,3,6,8-10,12H2,1-2H3/t14-,15-,16-,19+,20-/m0/s1. The van der Waals surface area contributed by atoms with E-state index >= 15 is 0 Å². The topological polar surface area (TPSA) is 17.1 Å². The van der Waals surface area contributed by atoms with Gasteiger partial charge in [-0.3, -0.25) is 4.79 Å². The fourth-order valence-corrected chi connectivity index (χ4v) is 7.68. The number of carbonyl (C=O) groups is 1.